The van der Waals surface area contributed by atoms with Crippen LogP contribution >= 0.6 is 23.5 Å². The number of aromatic nitrogens is 4. The number of fused-ring (bicyclic) bond motifs is 1. The number of nitrogens with one attached hydrogen (secondary N) is 5. The molecule has 23 nitrogen and oxygen atoms in total. The molecule has 1 saturated heterocycles. The molecule has 26 heteroatoms. The SMILES string of the molecule is CC[NH+](CC)CC.CC[NH+](CC)CC.CC[NH+](CC)CC.CC[NH+](CC)CC.CNc1ccccc1C(=O)OC1CC(COP(=O)([O-])OP(=O)([O-])OP(=O)([O-])[O-])OC1n1cnc2c(N)ncnc21. The second-order valence-electron chi connectivity index (χ2n) is 15.3. The number of ether oxygens (including phenoxy) is 2. The summed E-state index contributed by atoms with van der Waals surface area (Å²) < 4.78 is 58.0. The lowest BCUT2D eigenvalue weighted by atomic mass is 10.1. The minimum atomic E-state index is -6.15. The number of nitrogens with zero attached hydrogens (tertiary/aromatic N) is 4. The number of benzene rings is 1. The molecule has 2 aromatic heterocycles. The fraction of sp³-hybridized carbons (Fsp3) is 0.714. The van der Waals surface area contributed by atoms with Crippen LogP contribution in [0.3, 0.4) is 0 Å². The monoisotopic (exact) mass is 1030 g/mol. The van der Waals surface area contributed by atoms with E-state index in [1.807, 2.05) is 0 Å². The quantitative estimate of drug-likeness (QED) is 0.0465. The Morgan fingerprint density at radius 1 is 0.721 bits per heavy atom. The molecular weight excluding hydrogens is 945 g/mol. The molecule has 1 aliphatic heterocycles. The zero-order valence-electron chi connectivity index (χ0n) is 42.6. The Labute approximate surface area is 404 Å². The normalized spacial score (nSPS) is 17.5. The lowest BCUT2D eigenvalue weighted by Crippen LogP contribution is -3.11. The van der Waals surface area contributed by atoms with Crippen LogP contribution in [0.4, 0.5) is 11.5 Å². The van der Waals surface area contributed by atoms with E-state index in [1.165, 1.54) is 95.5 Å². The number of phosphoric acid groups is 3. The Balaban J connectivity index is 0.00000129. The van der Waals surface area contributed by atoms with Crippen molar-refractivity contribution in [2.45, 2.75) is 108 Å². The van der Waals surface area contributed by atoms with Crippen molar-refractivity contribution < 1.29 is 80.3 Å². The van der Waals surface area contributed by atoms with Crippen LogP contribution in [0.2, 0.25) is 0 Å². The summed E-state index contributed by atoms with van der Waals surface area (Å²) in [6, 6.07) is 6.46. The van der Waals surface area contributed by atoms with Crippen LogP contribution in [0.1, 0.15) is 106 Å². The molecular formula is C42H83N10O13P3. The molecule has 5 atom stereocenters. The molecule has 3 heterocycles. The second kappa shape index (κ2) is 34.4. The van der Waals surface area contributed by atoms with Crippen LogP contribution in [0, 0.1) is 0 Å². The van der Waals surface area contributed by atoms with E-state index < -0.39 is 54.5 Å². The topological polar surface area (TPSA) is 306 Å². The van der Waals surface area contributed by atoms with Crippen molar-refractivity contribution in [2.75, 3.05) is 103 Å². The molecule has 5 unspecified atom stereocenters. The summed E-state index contributed by atoms with van der Waals surface area (Å²) in [7, 11) is -16.5. The lowest BCUT2D eigenvalue weighted by Gasteiger charge is -2.37. The van der Waals surface area contributed by atoms with Gasteiger partial charge < -0.3 is 68.8 Å². The van der Waals surface area contributed by atoms with Gasteiger partial charge in [0.2, 0.25) is 0 Å². The molecule has 1 fully saturated rings. The number of para-hydroxylation sites is 1. The first-order valence-electron chi connectivity index (χ1n) is 23.7. The summed E-state index contributed by atoms with van der Waals surface area (Å²) >= 11 is 0. The number of esters is 1. The van der Waals surface area contributed by atoms with E-state index in [-0.39, 0.29) is 29.0 Å². The molecule has 4 rings (SSSR count). The van der Waals surface area contributed by atoms with Gasteiger partial charge in [-0.3, -0.25) is 18.0 Å². The van der Waals surface area contributed by atoms with Crippen molar-refractivity contribution in [3.63, 3.8) is 0 Å². The third kappa shape index (κ3) is 24.7. The van der Waals surface area contributed by atoms with Crippen molar-refractivity contribution in [1.82, 2.24) is 19.5 Å². The fourth-order valence-electron chi connectivity index (χ4n) is 6.77. The summed E-state index contributed by atoms with van der Waals surface area (Å²) in [5.74, 6) is -0.710. The highest BCUT2D eigenvalue weighted by Crippen LogP contribution is 2.60. The van der Waals surface area contributed by atoms with Crippen LogP contribution in [-0.4, -0.2) is 130 Å². The van der Waals surface area contributed by atoms with Crippen molar-refractivity contribution >= 4 is 52.1 Å². The molecule has 0 saturated carbocycles. The maximum Gasteiger partial charge on any atom is 0.340 e. The molecule has 0 amide bonds. The Kier molecular flexibility index (Phi) is 32.9. The zero-order valence-corrected chi connectivity index (χ0v) is 45.3. The van der Waals surface area contributed by atoms with E-state index in [2.05, 4.69) is 116 Å². The number of rotatable bonds is 23. The number of quaternary nitrogens is 4. The van der Waals surface area contributed by atoms with Crippen LogP contribution in [-0.2, 0) is 36.3 Å². The number of carbonyl (C=O) groups is 1. The Morgan fingerprint density at radius 2 is 1.18 bits per heavy atom. The van der Waals surface area contributed by atoms with Gasteiger partial charge in [-0.1, -0.05) is 12.1 Å². The van der Waals surface area contributed by atoms with Crippen molar-refractivity contribution in [3.05, 3.63) is 42.5 Å². The van der Waals surface area contributed by atoms with Crippen molar-refractivity contribution in [1.29, 1.82) is 0 Å². The Hall–Kier alpha value is -2.95. The van der Waals surface area contributed by atoms with Gasteiger partial charge in [-0.15, -0.1) is 0 Å². The maximum absolute atomic E-state index is 13.0. The van der Waals surface area contributed by atoms with Gasteiger partial charge in [0.15, 0.2) is 17.7 Å². The average molecular weight is 1030 g/mol. The van der Waals surface area contributed by atoms with E-state index >= 15 is 0 Å². The lowest BCUT2D eigenvalue weighted by molar-refractivity contribution is -0.894. The molecule has 0 bridgehead atoms. The van der Waals surface area contributed by atoms with Gasteiger partial charge in [-0.25, -0.2) is 24.1 Å². The molecule has 0 radical (unpaired) electrons. The first-order valence-corrected chi connectivity index (χ1v) is 28.1. The Bertz CT molecular complexity index is 1900. The van der Waals surface area contributed by atoms with E-state index in [0.29, 0.717) is 5.69 Å². The molecule has 394 valence electrons. The summed E-state index contributed by atoms with van der Waals surface area (Å²) in [6.07, 6.45) is -1.14. The van der Waals surface area contributed by atoms with E-state index in [1.54, 1.807) is 44.8 Å². The maximum atomic E-state index is 13.0. The first kappa shape index (κ1) is 65.0. The number of nitrogens with two attached hydrogens (primary N) is 1. The van der Waals surface area contributed by atoms with E-state index in [4.69, 9.17) is 15.2 Å². The summed E-state index contributed by atoms with van der Waals surface area (Å²) in [5, 5.41) is 2.86. The molecule has 0 spiro atoms. The number of phosphoric ester groups is 1. The smallest absolute Gasteiger partial charge is 0.340 e. The van der Waals surface area contributed by atoms with Gasteiger partial charge in [0.1, 0.15) is 17.9 Å². The molecule has 1 aromatic carbocycles. The van der Waals surface area contributed by atoms with Crippen LogP contribution in [0.5, 0.6) is 0 Å². The van der Waals surface area contributed by atoms with Gasteiger partial charge in [-0.05, 0) is 95.2 Å². The fourth-order valence-corrected chi connectivity index (χ4v) is 9.65. The largest absolute Gasteiger partial charge is 0.790 e. The standard InChI is InChI=1S/C18H23N6O13P3.4C6H15N/c1-20-12-5-3-2-4-11(12)18(25)35-13-6-10(7-33-39(29,30)37-40(31,32)36-38(26,27)28)34-17(13)24-9-23-14-15(19)21-8-22-16(14)24;4*1-4-7(5-2)6-3/h2-5,8-10,13,17,20H,6-7H2,1H3,(H,29,30)(H,31,32)(H2,19,21,22)(H2,26,27,28);4*4-6H2,1-3H3. The number of nitrogen functional groups attached to an aromatic ring is 1. The highest BCUT2D eigenvalue weighted by atomic mass is 31.3. The highest BCUT2D eigenvalue weighted by molar-refractivity contribution is 7.64. The van der Waals surface area contributed by atoms with Gasteiger partial charge in [0.25, 0.3) is 15.6 Å². The van der Waals surface area contributed by atoms with Crippen molar-refractivity contribution in [3.8, 4) is 0 Å². The molecule has 1 aliphatic rings. The third-order valence-electron chi connectivity index (χ3n) is 11.3. The van der Waals surface area contributed by atoms with Crippen LogP contribution < -0.4 is 50.2 Å². The zero-order chi connectivity index (χ0) is 52.1. The van der Waals surface area contributed by atoms with Crippen LogP contribution in [0.15, 0.2) is 36.9 Å². The number of imidazole rings is 1. The predicted octanol–water partition coefficient (Wildman–Crippen LogP) is -1.50. The molecule has 7 N–H and O–H groups in total. The second-order valence-corrected chi connectivity index (χ2v) is 19.5. The third-order valence-corrected chi connectivity index (χ3v) is 15.0. The molecule has 3 aromatic rings. The van der Waals surface area contributed by atoms with E-state index in [0.717, 1.165) is 6.33 Å². The number of hydrogen-bond acceptors (Lipinski definition) is 18. The number of anilines is 2. The van der Waals surface area contributed by atoms with Gasteiger partial charge >= 0.3 is 5.97 Å². The Morgan fingerprint density at radius 3 is 1.59 bits per heavy atom. The van der Waals surface area contributed by atoms with Crippen molar-refractivity contribution in [2.24, 2.45) is 0 Å². The summed E-state index contributed by atoms with van der Waals surface area (Å²) in [4.78, 5) is 76.2. The van der Waals surface area contributed by atoms with Gasteiger partial charge in [0, 0.05) is 19.2 Å². The predicted molar refractivity (Wildman–Crippen MR) is 255 cm³/mol. The minimum Gasteiger partial charge on any atom is -0.790 e. The van der Waals surface area contributed by atoms with Gasteiger partial charge in [0.05, 0.1) is 111 Å². The highest BCUT2D eigenvalue weighted by Gasteiger charge is 2.41. The first-order chi connectivity index (χ1) is 32.1. The molecule has 0 aliphatic carbocycles. The number of carbonyl (C=O) groups excluding carboxylic acids is 1. The average Bonchev–Trinajstić information content (AvgIpc) is 3.92. The molecule has 68 heavy (non-hydrogen) atoms. The van der Waals surface area contributed by atoms with Crippen LogP contribution in [0.25, 0.3) is 11.2 Å². The summed E-state index contributed by atoms with van der Waals surface area (Å²) in [5.41, 5.74) is 6.87. The summed E-state index contributed by atoms with van der Waals surface area (Å²) in [6.45, 7) is 41.1. The number of hydrogen-bond donors (Lipinski definition) is 6. The minimum absolute atomic E-state index is 0.0486. The van der Waals surface area contributed by atoms with E-state index in [9.17, 15) is 38.1 Å². The van der Waals surface area contributed by atoms with Gasteiger partial charge in [-0.2, -0.15) is 0 Å².